The van der Waals surface area contributed by atoms with Crippen LogP contribution >= 0.6 is 0 Å². The number of ether oxygens (including phenoxy) is 1. The maximum Gasteiger partial charge on any atom is 0.411 e. The van der Waals surface area contributed by atoms with E-state index in [4.69, 9.17) is 4.74 Å². The zero-order valence-electron chi connectivity index (χ0n) is 23.3. The standard InChI is InChI=1S/C28H36FN5O7S/c1-34-13-7-3-2-4-8-17-16-28(17,26(32-38)33-42(39,40)19-11-12-19)31-24(35)20-14-18(15-21(20)25(34)36)41-27(37)30-23-10-6-5-9-22(23)29/h4-6,8-10,17-21,26,33H,2-3,7,11-16H2,1H3,(H,30,37)(H,31,35)/b8-4-/t17-,18-,20?,21-,26?,28-/m1/s1. The van der Waals surface area contributed by atoms with Gasteiger partial charge in [-0.05, 0) is 68.7 Å². The number of amides is 3. The van der Waals surface area contributed by atoms with Crippen molar-refractivity contribution in [3.8, 4) is 0 Å². The summed E-state index contributed by atoms with van der Waals surface area (Å²) < 4.78 is 47.3. The molecule has 3 aliphatic carbocycles. The van der Waals surface area contributed by atoms with Crippen molar-refractivity contribution in [1.82, 2.24) is 14.9 Å². The lowest BCUT2D eigenvalue weighted by atomic mass is 9.92. The van der Waals surface area contributed by atoms with E-state index in [0.29, 0.717) is 32.2 Å². The van der Waals surface area contributed by atoms with E-state index < -0.39 is 62.7 Å². The molecule has 0 saturated heterocycles. The van der Waals surface area contributed by atoms with E-state index in [1.807, 2.05) is 12.2 Å². The number of nitrogens with zero attached hydrogens (tertiary/aromatic N) is 2. The highest BCUT2D eigenvalue weighted by molar-refractivity contribution is 7.90. The summed E-state index contributed by atoms with van der Waals surface area (Å²) >= 11 is 0. The summed E-state index contributed by atoms with van der Waals surface area (Å²) in [6.07, 6.45) is 4.31. The van der Waals surface area contributed by atoms with E-state index in [2.05, 4.69) is 20.5 Å². The topological polar surface area (TPSA) is 163 Å². The van der Waals surface area contributed by atoms with Crippen LogP contribution in [0.2, 0.25) is 0 Å². The first-order chi connectivity index (χ1) is 20.0. The van der Waals surface area contributed by atoms with Gasteiger partial charge in [0.2, 0.25) is 21.8 Å². The number of carbonyl (C=O) groups is 3. The van der Waals surface area contributed by atoms with Gasteiger partial charge >= 0.3 is 6.09 Å². The molecule has 1 aromatic carbocycles. The van der Waals surface area contributed by atoms with Gasteiger partial charge in [-0.3, -0.25) is 14.9 Å². The molecule has 0 bridgehead atoms. The first kappa shape index (κ1) is 30.1. The first-order valence-electron chi connectivity index (χ1n) is 14.3. The quantitative estimate of drug-likeness (QED) is 0.318. The van der Waals surface area contributed by atoms with Crippen LogP contribution in [-0.2, 0) is 24.3 Å². The number of allylic oxidation sites excluding steroid dienone is 1. The number of rotatable bonds is 7. The molecule has 0 aromatic heterocycles. The van der Waals surface area contributed by atoms with Crippen molar-refractivity contribution in [1.29, 1.82) is 0 Å². The second kappa shape index (κ2) is 12.1. The van der Waals surface area contributed by atoms with Crippen LogP contribution in [0.4, 0.5) is 14.9 Å². The Morgan fingerprint density at radius 1 is 1.19 bits per heavy atom. The van der Waals surface area contributed by atoms with Crippen LogP contribution < -0.4 is 15.4 Å². The molecule has 3 amide bonds. The average Bonchev–Trinajstić information content (AvgIpc) is 3.87. The molecule has 14 heteroatoms. The van der Waals surface area contributed by atoms with Gasteiger partial charge in [0.15, 0.2) is 6.17 Å². The fourth-order valence-corrected chi connectivity index (χ4v) is 7.53. The van der Waals surface area contributed by atoms with Crippen LogP contribution in [-0.4, -0.2) is 67.9 Å². The predicted octanol–water partition coefficient (Wildman–Crippen LogP) is 3.02. The zero-order valence-corrected chi connectivity index (χ0v) is 24.1. The van der Waals surface area contributed by atoms with Crippen molar-refractivity contribution < 1.29 is 31.9 Å². The highest BCUT2D eigenvalue weighted by atomic mass is 32.2. The Balaban J connectivity index is 1.37. The molecule has 1 aliphatic heterocycles. The van der Waals surface area contributed by atoms with Gasteiger partial charge < -0.3 is 15.0 Å². The minimum Gasteiger partial charge on any atom is -0.446 e. The third kappa shape index (κ3) is 6.48. The Labute approximate surface area is 243 Å². The lowest BCUT2D eigenvalue weighted by Gasteiger charge is -2.29. The third-order valence-electron chi connectivity index (χ3n) is 8.66. The van der Waals surface area contributed by atoms with Crippen LogP contribution in [0.15, 0.2) is 41.6 Å². The highest BCUT2D eigenvalue weighted by Crippen LogP contribution is 2.49. The third-order valence-corrected chi connectivity index (χ3v) is 10.6. The van der Waals surface area contributed by atoms with E-state index in [1.165, 1.54) is 18.2 Å². The molecule has 3 saturated carbocycles. The van der Waals surface area contributed by atoms with Crippen LogP contribution in [0.5, 0.6) is 0 Å². The maximum atomic E-state index is 14.0. The number of nitroso groups, excluding NO2 is 1. The Kier molecular flexibility index (Phi) is 8.65. The Morgan fingerprint density at radius 3 is 2.64 bits per heavy atom. The largest absolute Gasteiger partial charge is 0.446 e. The molecular formula is C28H36FN5O7S. The average molecular weight is 606 g/mol. The van der Waals surface area contributed by atoms with Crippen molar-refractivity contribution in [2.75, 3.05) is 18.9 Å². The summed E-state index contributed by atoms with van der Waals surface area (Å²) in [5, 5.41) is 7.76. The summed E-state index contributed by atoms with van der Waals surface area (Å²) in [5.41, 5.74) is -1.34. The molecule has 4 aliphatic rings. The lowest BCUT2D eigenvalue weighted by molar-refractivity contribution is -0.140. The van der Waals surface area contributed by atoms with E-state index >= 15 is 0 Å². The lowest BCUT2D eigenvalue weighted by Crippen LogP contribution is -2.56. The number of fused-ring (bicyclic) bond motifs is 2. The van der Waals surface area contributed by atoms with Gasteiger partial charge in [0, 0.05) is 19.5 Å². The molecule has 5 rings (SSSR count). The second-order valence-electron chi connectivity index (χ2n) is 11.7. The molecule has 3 fully saturated rings. The fraction of sp³-hybridized carbons (Fsp3) is 0.607. The van der Waals surface area contributed by atoms with Gasteiger partial charge in [-0.15, -0.1) is 4.91 Å². The van der Waals surface area contributed by atoms with E-state index in [0.717, 1.165) is 12.8 Å². The number of benzene rings is 1. The molecule has 0 radical (unpaired) electrons. The SMILES string of the molecule is CN1CCCC/C=C\[C@@H]2C[C@@]2(C(N=O)NS(=O)(=O)C2CC2)NC(=O)C2C[C@@H](OC(=O)Nc3ccccc3F)C[C@H]2C1=O. The van der Waals surface area contributed by atoms with Gasteiger partial charge in [-0.1, -0.05) is 24.3 Å². The number of nitrogens with one attached hydrogen (secondary N) is 3. The molecule has 1 heterocycles. The van der Waals surface area contributed by atoms with Crippen molar-refractivity contribution in [2.45, 2.75) is 74.4 Å². The normalized spacial score (nSPS) is 31.5. The van der Waals surface area contributed by atoms with Crippen molar-refractivity contribution in [3.05, 3.63) is 47.1 Å². The van der Waals surface area contributed by atoms with Gasteiger partial charge in [-0.2, -0.15) is 4.72 Å². The van der Waals surface area contributed by atoms with Crippen LogP contribution in [0.25, 0.3) is 0 Å². The van der Waals surface area contributed by atoms with Crippen LogP contribution in [0.3, 0.4) is 0 Å². The molecule has 0 spiro atoms. The molecule has 12 nitrogen and oxygen atoms in total. The number of carbonyl (C=O) groups excluding carboxylic acids is 3. The number of hydrogen-bond donors (Lipinski definition) is 3. The summed E-state index contributed by atoms with van der Waals surface area (Å²) in [7, 11) is -2.13. The van der Waals surface area contributed by atoms with Gasteiger partial charge in [-0.25, -0.2) is 17.6 Å². The highest BCUT2D eigenvalue weighted by Gasteiger charge is 2.62. The van der Waals surface area contributed by atoms with Gasteiger partial charge in [0.1, 0.15) is 11.9 Å². The predicted molar refractivity (Wildman–Crippen MR) is 151 cm³/mol. The molecule has 42 heavy (non-hydrogen) atoms. The summed E-state index contributed by atoms with van der Waals surface area (Å²) in [5.74, 6) is -3.52. The smallest absolute Gasteiger partial charge is 0.411 e. The van der Waals surface area contributed by atoms with Crippen LogP contribution in [0.1, 0.15) is 51.4 Å². The van der Waals surface area contributed by atoms with E-state index in [9.17, 15) is 32.1 Å². The monoisotopic (exact) mass is 605 g/mol. The molecule has 1 aromatic rings. The number of halogens is 1. The Bertz CT molecular complexity index is 1370. The van der Waals surface area contributed by atoms with E-state index in [1.54, 1.807) is 18.0 Å². The number of sulfonamides is 1. The van der Waals surface area contributed by atoms with E-state index in [-0.39, 0.29) is 30.4 Å². The van der Waals surface area contributed by atoms with Crippen molar-refractivity contribution >= 4 is 33.6 Å². The molecule has 2 unspecified atom stereocenters. The Hall–Kier alpha value is -3.39. The second-order valence-corrected chi connectivity index (χ2v) is 13.7. The van der Waals surface area contributed by atoms with Crippen molar-refractivity contribution in [3.63, 3.8) is 0 Å². The first-order valence-corrected chi connectivity index (χ1v) is 15.9. The Morgan fingerprint density at radius 2 is 1.93 bits per heavy atom. The number of hydrogen-bond acceptors (Lipinski definition) is 8. The summed E-state index contributed by atoms with van der Waals surface area (Å²) in [6, 6.07) is 5.60. The molecule has 6 atom stereocenters. The van der Waals surface area contributed by atoms with Gasteiger partial charge in [0.05, 0.1) is 28.3 Å². The molecular weight excluding hydrogens is 569 g/mol. The number of anilines is 1. The van der Waals surface area contributed by atoms with Gasteiger partial charge in [0.25, 0.3) is 0 Å². The fourth-order valence-electron chi connectivity index (χ4n) is 6.01. The van der Waals surface area contributed by atoms with Crippen LogP contribution in [0, 0.1) is 28.5 Å². The summed E-state index contributed by atoms with van der Waals surface area (Å²) in [6.45, 7) is 0.490. The minimum atomic E-state index is -3.79. The maximum absolute atomic E-state index is 14.0. The molecule has 3 N–H and O–H groups in total. The minimum absolute atomic E-state index is 0.0182. The number of para-hydroxylation sites is 1. The molecule has 228 valence electrons. The zero-order chi connectivity index (χ0) is 30.1. The van der Waals surface area contributed by atoms with Crippen molar-refractivity contribution in [2.24, 2.45) is 22.9 Å². The summed E-state index contributed by atoms with van der Waals surface area (Å²) in [4.78, 5) is 53.5.